The monoisotopic (exact) mass is 566 g/mol. The quantitative estimate of drug-likeness (QED) is 0.284. The number of fused-ring (bicyclic) bond motifs is 1. The molecule has 5 heteroatoms. The average molecular weight is 567 g/mol. The summed E-state index contributed by atoms with van der Waals surface area (Å²) in [5, 5.41) is 0. The fourth-order valence-corrected chi connectivity index (χ4v) is 9.52. The number of anilines is 1. The van der Waals surface area contributed by atoms with Crippen LogP contribution < -0.4 is 4.90 Å². The summed E-state index contributed by atoms with van der Waals surface area (Å²) in [4.78, 5) is 14.8. The third-order valence-electron chi connectivity index (χ3n) is 10.8. The van der Waals surface area contributed by atoms with Gasteiger partial charge in [-0.2, -0.15) is 0 Å². The first-order valence-corrected chi connectivity index (χ1v) is 17.0. The van der Waals surface area contributed by atoms with Crippen molar-refractivity contribution in [3.05, 3.63) is 84.2 Å². The molecule has 4 heterocycles. The van der Waals surface area contributed by atoms with Crippen LogP contribution in [-0.2, 0) is 12.0 Å². The third kappa shape index (κ3) is 5.58. The van der Waals surface area contributed by atoms with Crippen LogP contribution in [0.1, 0.15) is 56.6 Å². The lowest BCUT2D eigenvalue weighted by atomic mass is 9.57. The molecule has 4 nitrogen and oxygen atoms in total. The average Bonchev–Trinajstić information content (AvgIpc) is 3.55. The van der Waals surface area contributed by atoms with Crippen LogP contribution in [-0.4, -0.2) is 60.6 Å². The molecule has 0 bridgehead atoms. The first kappa shape index (κ1) is 27.5. The van der Waals surface area contributed by atoms with Crippen LogP contribution in [0.3, 0.4) is 0 Å². The van der Waals surface area contributed by atoms with Gasteiger partial charge in [0, 0.05) is 71.9 Å². The minimum atomic E-state index is 0.364. The summed E-state index contributed by atoms with van der Waals surface area (Å²) in [7, 11) is 0. The Morgan fingerprint density at radius 2 is 1.49 bits per heavy atom. The Hall–Kier alpha value is -2.34. The van der Waals surface area contributed by atoms with Crippen molar-refractivity contribution in [2.24, 2.45) is 17.8 Å². The zero-order valence-corrected chi connectivity index (χ0v) is 25.6. The van der Waals surface area contributed by atoms with E-state index in [4.69, 9.17) is 0 Å². The maximum atomic E-state index is 4.12. The van der Waals surface area contributed by atoms with Crippen LogP contribution >= 0.6 is 11.8 Å². The molecule has 1 atom stereocenters. The number of likely N-dealkylation sites (N-methyl/N-ethyl adjacent to an activating group) is 1. The number of nitrogens with zero attached hydrogens (tertiary/aromatic N) is 4. The zero-order chi connectivity index (χ0) is 27.6. The van der Waals surface area contributed by atoms with Crippen molar-refractivity contribution in [1.82, 2.24) is 14.8 Å². The first-order chi connectivity index (χ1) is 20.2. The van der Waals surface area contributed by atoms with Crippen molar-refractivity contribution in [3.63, 3.8) is 0 Å². The molecule has 0 radical (unpaired) electrons. The third-order valence-corrected chi connectivity index (χ3v) is 11.8. The van der Waals surface area contributed by atoms with Crippen molar-refractivity contribution in [2.75, 3.05) is 50.7 Å². The fraction of sp³-hybridized carbons (Fsp3) is 0.528. The highest BCUT2D eigenvalue weighted by atomic mass is 32.2. The van der Waals surface area contributed by atoms with E-state index in [9.17, 15) is 0 Å². The number of benzene rings is 2. The number of likely N-dealkylation sites (tertiary alicyclic amines) is 1. The van der Waals surface area contributed by atoms with Crippen LogP contribution in [0.25, 0.3) is 0 Å². The van der Waals surface area contributed by atoms with Crippen LogP contribution in [0.2, 0.25) is 0 Å². The lowest BCUT2D eigenvalue weighted by molar-refractivity contribution is 0.0359. The van der Waals surface area contributed by atoms with Crippen molar-refractivity contribution < 1.29 is 0 Å². The second kappa shape index (κ2) is 12.1. The van der Waals surface area contributed by atoms with E-state index in [1.807, 2.05) is 12.4 Å². The minimum Gasteiger partial charge on any atom is -0.371 e. The summed E-state index contributed by atoms with van der Waals surface area (Å²) in [6.07, 6.45) is 12.2. The largest absolute Gasteiger partial charge is 0.371 e. The Balaban J connectivity index is 0.957. The van der Waals surface area contributed by atoms with Gasteiger partial charge in [-0.3, -0.25) is 9.88 Å². The summed E-state index contributed by atoms with van der Waals surface area (Å²) in [5.74, 6) is 2.48. The molecule has 1 unspecified atom stereocenters. The lowest BCUT2D eigenvalue weighted by Gasteiger charge is -2.54. The van der Waals surface area contributed by atoms with Crippen LogP contribution in [0.4, 0.5) is 5.69 Å². The van der Waals surface area contributed by atoms with E-state index in [1.54, 1.807) is 22.9 Å². The Morgan fingerprint density at radius 3 is 2.22 bits per heavy atom. The Labute approximate surface area is 251 Å². The Kier molecular flexibility index (Phi) is 8.12. The van der Waals surface area contributed by atoms with Crippen molar-refractivity contribution in [2.45, 2.75) is 67.2 Å². The summed E-state index contributed by atoms with van der Waals surface area (Å²) in [6, 6.07) is 22.8. The van der Waals surface area contributed by atoms with Crippen LogP contribution in [0, 0.1) is 17.8 Å². The normalized spacial score (nSPS) is 24.9. The lowest BCUT2D eigenvalue weighted by Crippen LogP contribution is -2.57. The molecule has 2 saturated heterocycles. The molecule has 2 aromatic carbocycles. The zero-order valence-electron chi connectivity index (χ0n) is 24.8. The highest BCUT2D eigenvalue weighted by Crippen LogP contribution is 2.53. The molecule has 41 heavy (non-hydrogen) atoms. The van der Waals surface area contributed by atoms with Gasteiger partial charge in [-0.05, 0) is 105 Å². The number of hydrogen-bond donors (Lipinski definition) is 0. The summed E-state index contributed by atoms with van der Waals surface area (Å²) in [6.45, 7) is 12.2. The molecule has 0 N–H and O–H groups in total. The summed E-state index contributed by atoms with van der Waals surface area (Å²) >= 11 is 1.81. The van der Waals surface area contributed by atoms with Gasteiger partial charge >= 0.3 is 0 Å². The maximum Gasteiger partial charge on any atom is 0.0367 e. The molecular weight excluding hydrogens is 520 g/mol. The Morgan fingerprint density at radius 1 is 0.805 bits per heavy atom. The van der Waals surface area contributed by atoms with Crippen molar-refractivity contribution in [1.29, 1.82) is 0 Å². The number of rotatable bonds is 8. The van der Waals surface area contributed by atoms with Gasteiger partial charge in [0.05, 0.1) is 0 Å². The van der Waals surface area contributed by atoms with E-state index < -0.39 is 0 Å². The molecule has 1 saturated carbocycles. The van der Waals surface area contributed by atoms with E-state index in [1.165, 1.54) is 99.8 Å². The van der Waals surface area contributed by atoms with Gasteiger partial charge in [0.1, 0.15) is 0 Å². The molecule has 0 spiro atoms. The number of hydrogen-bond acceptors (Lipinski definition) is 5. The fourth-order valence-electron chi connectivity index (χ4n) is 8.72. The van der Waals surface area contributed by atoms with Gasteiger partial charge in [-0.25, -0.2) is 0 Å². The molecule has 7 rings (SSSR count). The molecular formula is C36H46N4S. The molecule has 1 aliphatic carbocycles. The number of pyridine rings is 1. The second-order valence-electron chi connectivity index (χ2n) is 13.1. The first-order valence-electron chi connectivity index (χ1n) is 16.2. The van der Waals surface area contributed by atoms with E-state index in [0.29, 0.717) is 5.41 Å². The highest BCUT2D eigenvalue weighted by Gasteiger charge is 2.51. The van der Waals surface area contributed by atoms with E-state index in [-0.39, 0.29) is 0 Å². The summed E-state index contributed by atoms with van der Waals surface area (Å²) in [5.41, 5.74) is 5.08. The molecule has 3 fully saturated rings. The van der Waals surface area contributed by atoms with Gasteiger partial charge in [0.2, 0.25) is 0 Å². The molecule has 3 aromatic rings. The highest BCUT2D eigenvalue weighted by molar-refractivity contribution is 7.99. The van der Waals surface area contributed by atoms with Crippen LogP contribution in [0.5, 0.6) is 0 Å². The van der Waals surface area contributed by atoms with Gasteiger partial charge in [-0.1, -0.05) is 55.8 Å². The van der Waals surface area contributed by atoms with E-state index >= 15 is 0 Å². The van der Waals surface area contributed by atoms with Gasteiger partial charge in [0.25, 0.3) is 0 Å². The Bertz CT molecular complexity index is 1280. The van der Waals surface area contributed by atoms with E-state index in [2.05, 4.69) is 87.3 Å². The smallest absolute Gasteiger partial charge is 0.0367 e. The van der Waals surface area contributed by atoms with Gasteiger partial charge in [-0.15, -0.1) is 0 Å². The number of aromatic nitrogens is 1. The molecule has 3 aliphatic heterocycles. The maximum absolute atomic E-state index is 4.12. The molecule has 0 amide bonds. The van der Waals surface area contributed by atoms with E-state index in [0.717, 1.165) is 24.3 Å². The predicted octanol–water partition coefficient (Wildman–Crippen LogP) is 7.34. The van der Waals surface area contributed by atoms with Crippen molar-refractivity contribution in [3.8, 4) is 0 Å². The standard InChI is InChI=1S/C36H46N4S/c1-2-38-26-29-7-3-6-10-35(29)36(27-38,30-8-4-5-9-30)31-17-21-39(22-18-31)23-28-24-40(25-28)32-11-13-33(14-12-32)41-34-15-19-37-20-16-34/h3,6-7,10-16,19-20,28,30-31H,2,4-5,8-9,17-18,21-27H2,1H3. The SMILES string of the molecule is CCN1Cc2ccccc2C(C2CCCC2)(C2CCN(CC3CN(c4ccc(Sc5ccncc5)cc4)C3)CC2)C1. The molecule has 4 aliphatic rings. The predicted molar refractivity (Wildman–Crippen MR) is 171 cm³/mol. The summed E-state index contributed by atoms with van der Waals surface area (Å²) < 4.78 is 0. The second-order valence-corrected chi connectivity index (χ2v) is 14.3. The van der Waals surface area contributed by atoms with Crippen molar-refractivity contribution >= 4 is 17.4 Å². The van der Waals surface area contributed by atoms with Gasteiger partial charge < -0.3 is 9.80 Å². The topological polar surface area (TPSA) is 22.6 Å². The van der Waals surface area contributed by atoms with Gasteiger partial charge in [0.15, 0.2) is 0 Å². The molecule has 1 aromatic heterocycles. The number of piperidine rings is 1. The molecule has 216 valence electrons. The van der Waals surface area contributed by atoms with Crippen LogP contribution in [0.15, 0.2) is 82.8 Å². The minimum absolute atomic E-state index is 0.364.